The molecule has 0 saturated carbocycles. The molecule has 1 rings (SSSR count). The molecule has 0 saturated heterocycles. The van der Waals surface area contributed by atoms with Crippen LogP contribution in [0.4, 0.5) is 13.2 Å². The van der Waals surface area contributed by atoms with Crippen molar-refractivity contribution in [1.29, 1.82) is 5.26 Å². The molecule has 0 aliphatic heterocycles. The van der Waals surface area contributed by atoms with Gasteiger partial charge in [-0.3, -0.25) is 0 Å². The minimum atomic E-state index is -4.30. The summed E-state index contributed by atoms with van der Waals surface area (Å²) in [7, 11) is 0. The van der Waals surface area contributed by atoms with Crippen LogP contribution in [0.2, 0.25) is 0 Å². The van der Waals surface area contributed by atoms with Gasteiger partial charge in [0.1, 0.15) is 0 Å². The number of hydrogen-bond acceptors (Lipinski definition) is 1. The average Bonchev–Trinajstić information content (AvgIpc) is 2.28. The van der Waals surface area contributed by atoms with Crippen LogP contribution in [0, 0.1) is 16.7 Å². The van der Waals surface area contributed by atoms with E-state index in [0.717, 1.165) is 17.7 Å². The number of nitriles is 1. The van der Waals surface area contributed by atoms with Gasteiger partial charge in [0.2, 0.25) is 0 Å². The van der Waals surface area contributed by atoms with Crippen LogP contribution in [0.25, 0.3) is 0 Å². The Hall–Kier alpha value is -1.50. The number of hydrogen-bond donors (Lipinski definition) is 0. The Kier molecular flexibility index (Phi) is 3.82. The zero-order chi connectivity index (χ0) is 13.1. The van der Waals surface area contributed by atoms with Crippen molar-refractivity contribution >= 4 is 0 Å². The largest absolute Gasteiger partial charge is 0.416 e. The number of rotatable bonds is 3. The van der Waals surface area contributed by atoms with E-state index in [2.05, 4.69) is 6.07 Å². The lowest BCUT2D eigenvalue weighted by Crippen LogP contribution is -2.16. The predicted molar refractivity (Wildman–Crippen MR) is 59.2 cm³/mol. The van der Waals surface area contributed by atoms with E-state index < -0.39 is 17.2 Å². The second kappa shape index (κ2) is 4.79. The number of halogens is 3. The van der Waals surface area contributed by atoms with Gasteiger partial charge >= 0.3 is 6.18 Å². The minimum Gasteiger partial charge on any atom is -0.198 e. The Labute approximate surface area is 98.9 Å². The molecule has 0 aromatic heterocycles. The maximum atomic E-state index is 12.3. The first kappa shape index (κ1) is 13.6. The summed E-state index contributed by atoms with van der Waals surface area (Å²) in [6.07, 6.45) is -3.16. The third kappa shape index (κ3) is 3.48. The Balaban J connectivity index is 2.87. The van der Waals surface area contributed by atoms with E-state index in [1.54, 1.807) is 0 Å². The third-order valence-corrected chi connectivity index (χ3v) is 2.93. The van der Waals surface area contributed by atoms with Crippen molar-refractivity contribution in [2.45, 2.75) is 32.9 Å². The van der Waals surface area contributed by atoms with Gasteiger partial charge < -0.3 is 0 Å². The fraction of sp³-hybridized carbons (Fsp3) is 0.462. The number of benzene rings is 1. The highest BCUT2D eigenvalue weighted by Crippen LogP contribution is 2.31. The van der Waals surface area contributed by atoms with Crippen LogP contribution in [-0.4, -0.2) is 0 Å². The topological polar surface area (TPSA) is 23.8 Å². The van der Waals surface area contributed by atoms with Gasteiger partial charge in [0, 0.05) is 0 Å². The lowest BCUT2D eigenvalue weighted by atomic mass is 9.83. The Morgan fingerprint density at radius 2 is 1.71 bits per heavy atom. The molecular formula is C13H14F3N. The fourth-order valence-corrected chi connectivity index (χ4v) is 1.51. The molecule has 0 fully saturated rings. The first-order valence-electron chi connectivity index (χ1n) is 5.38. The van der Waals surface area contributed by atoms with Gasteiger partial charge in [0.25, 0.3) is 0 Å². The molecule has 0 amide bonds. The van der Waals surface area contributed by atoms with Crippen LogP contribution in [0.1, 0.15) is 31.4 Å². The fourth-order valence-electron chi connectivity index (χ4n) is 1.51. The summed E-state index contributed by atoms with van der Waals surface area (Å²) in [5.74, 6) is 0. The minimum absolute atomic E-state index is 0.470. The van der Waals surface area contributed by atoms with Gasteiger partial charge in [-0.15, -0.1) is 0 Å². The van der Waals surface area contributed by atoms with Crippen molar-refractivity contribution in [3.05, 3.63) is 35.4 Å². The van der Waals surface area contributed by atoms with E-state index >= 15 is 0 Å². The van der Waals surface area contributed by atoms with Crippen molar-refractivity contribution in [2.75, 3.05) is 0 Å². The number of alkyl halides is 3. The van der Waals surface area contributed by atoms with E-state index in [1.807, 2.05) is 13.8 Å². The van der Waals surface area contributed by atoms with E-state index in [0.29, 0.717) is 12.8 Å². The molecule has 1 aromatic carbocycles. The molecule has 0 aliphatic carbocycles. The molecule has 0 aliphatic rings. The molecular weight excluding hydrogens is 227 g/mol. The second-order valence-electron chi connectivity index (χ2n) is 4.40. The van der Waals surface area contributed by atoms with Crippen LogP contribution in [0.3, 0.4) is 0 Å². The molecule has 0 spiro atoms. The summed E-state index contributed by atoms with van der Waals surface area (Å²) in [5.41, 5.74) is -0.417. The Bertz CT molecular complexity index is 414. The van der Waals surface area contributed by atoms with Gasteiger partial charge in [-0.1, -0.05) is 19.1 Å². The monoisotopic (exact) mass is 241 g/mol. The molecule has 17 heavy (non-hydrogen) atoms. The quantitative estimate of drug-likeness (QED) is 0.778. The molecule has 1 atom stereocenters. The molecule has 1 nitrogen and oxygen atoms in total. The van der Waals surface area contributed by atoms with E-state index in [9.17, 15) is 13.2 Å². The van der Waals surface area contributed by atoms with Gasteiger partial charge in [-0.25, -0.2) is 0 Å². The molecule has 0 N–H and O–H groups in total. The van der Waals surface area contributed by atoms with Crippen LogP contribution in [0.15, 0.2) is 24.3 Å². The van der Waals surface area contributed by atoms with Crippen LogP contribution in [0.5, 0.6) is 0 Å². The normalized spacial score (nSPS) is 15.1. The van der Waals surface area contributed by atoms with Crippen molar-refractivity contribution in [3.63, 3.8) is 0 Å². The summed E-state index contributed by atoms with van der Waals surface area (Å²) in [4.78, 5) is 0. The standard InChI is InChI=1S/C13H14F3N/c1-3-12(2,9-17)8-10-4-6-11(7-5-10)13(14,15)16/h4-7H,3,8H2,1-2H3. The van der Waals surface area contributed by atoms with Crippen molar-refractivity contribution in [1.82, 2.24) is 0 Å². The first-order valence-corrected chi connectivity index (χ1v) is 5.38. The lowest BCUT2D eigenvalue weighted by molar-refractivity contribution is -0.137. The maximum absolute atomic E-state index is 12.3. The van der Waals surface area contributed by atoms with Crippen LogP contribution < -0.4 is 0 Å². The molecule has 0 bridgehead atoms. The highest BCUT2D eigenvalue weighted by atomic mass is 19.4. The van der Waals surface area contributed by atoms with Crippen molar-refractivity contribution in [3.8, 4) is 6.07 Å². The summed E-state index contributed by atoms with van der Waals surface area (Å²) in [6.45, 7) is 3.71. The summed E-state index contributed by atoms with van der Waals surface area (Å²) < 4.78 is 37.0. The number of nitrogens with zero attached hydrogens (tertiary/aromatic N) is 1. The van der Waals surface area contributed by atoms with Gasteiger partial charge in [0.15, 0.2) is 0 Å². The first-order chi connectivity index (χ1) is 7.80. The molecule has 1 unspecified atom stereocenters. The van der Waals surface area contributed by atoms with Gasteiger partial charge in [0.05, 0.1) is 17.0 Å². The Morgan fingerprint density at radius 1 is 1.18 bits per heavy atom. The van der Waals surface area contributed by atoms with Crippen molar-refractivity contribution in [2.24, 2.45) is 5.41 Å². The summed E-state index contributed by atoms with van der Waals surface area (Å²) in [5, 5.41) is 9.00. The third-order valence-electron chi connectivity index (χ3n) is 2.93. The van der Waals surface area contributed by atoms with E-state index in [4.69, 9.17) is 5.26 Å². The zero-order valence-electron chi connectivity index (χ0n) is 9.80. The highest BCUT2D eigenvalue weighted by molar-refractivity contribution is 5.26. The lowest BCUT2D eigenvalue weighted by Gasteiger charge is -2.19. The van der Waals surface area contributed by atoms with E-state index in [-0.39, 0.29) is 0 Å². The summed E-state index contributed by atoms with van der Waals surface area (Å²) >= 11 is 0. The van der Waals surface area contributed by atoms with Crippen LogP contribution in [-0.2, 0) is 12.6 Å². The second-order valence-corrected chi connectivity index (χ2v) is 4.40. The molecule has 4 heteroatoms. The van der Waals surface area contributed by atoms with Crippen LogP contribution >= 0.6 is 0 Å². The highest BCUT2D eigenvalue weighted by Gasteiger charge is 2.30. The molecule has 1 aromatic rings. The summed E-state index contributed by atoms with van der Waals surface area (Å²) in [6, 6.07) is 7.19. The molecule has 0 heterocycles. The maximum Gasteiger partial charge on any atom is 0.416 e. The van der Waals surface area contributed by atoms with E-state index in [1.165, 1.54) is 12.1 Å². The predicted octanol–water partition coefficient (Wildman–Crippen LogP) is 4.19. The van der Waals surface area contributed by atoms with Gasteiger partial charge in [-0.05, 0) is 37.5 Å². The molecule has 0 radical (unpaired) electrons. The molecule has 92 valence electrons. The average molecular weight is 241 g/mol. The Morgan fingerprint density at radius 3 is 2.06 bits per heavy atom. The van der Waals surface area contributed by atoms with Crippen molar-refractivity contribution < 1.29 is 13.2 Å². The smallest absolute Gasteiger partial charge is 0.198 e. The van der Waals surface area contributed by atoms with Gasteiger partial charge in [-0.2, -0.15) is 18.4 Å². The SMILES string of the molecule is CCC(C)(C#N)Cc1ccc(C(F)(F)F)cc1. The zero-order valence-corrected chi connectivity index (χ0v) is 9.80.